The molecule has 0 radical (unpaired) electrons. The molecule has 0 unspecified atom stereocenters. The van der Waals surface area contributed by atoms with E-state index in [-0.39, 0.29) is 10.6 Å². The maximum Gasteiger partial charge on any atom is 0.293 e. The summed E-state index contributed by atoms with van der Waals surface area (Å²) in [5, 5.41) is 15.9. The average Bonchev–Trinajstić information content (AvgIpc) is 3.07. The molecule has 0 atom stereocenters. The summed E-state index contributed by atoms with van der Waals surface area (Å²) in [7, 11) is 0. The first-order chi connectivity index (χ1) is 10.2. The second kappa shape index (κ2) is 5.35. The van der Waals surface area contributed by atoms with Crippen molar-refractivity contribution in [3.8, 4) is 0 Å². The van der Waals surface area contributed by atoms with Crippen LogP contribution in [0.1, 0.15) is 25.1 Å². The molecule has 0 aliphatic rings. The van der Waals surface area contributed by atoms with Crippen molar-refractivity contribution in [1.29, 1.82) is 0 Å². The van der Waals surface area contributed by atoms with Crippen molar-refractivity contribution in [3.63, 3.8) is 0 Å². The van der Waals surface area contributed by atoms with Gasteiger partial charge in [0.15, 0.2) is 5.82 Å². The van der Waals surface area contributed by atoms with E-state index < -0.39 is 0 Å². The fourth-order valence-corrected chi connectivity index (χ4v) is 2.35. The number of non-ortho nitro benzene ring substituents is 1. The Kier molecular flexibility index (Phi) is 3.39. The normalized spacial score (nSPS) is 11.1. The number of para-hydroxylation sites is 1. The molecule has 2 aromatic heterocycles. The van der Waals surface area contributed by atoms with Crippen LogP contribution in [0.25, 0.3) is 10.9 Å². The van der Waals surface area contributed by atoms with Crippen molar-refractivity contribution in [1.82, 2.24) is 14.7 Å². The number of aromatic nitrogens is 3. The molecule has 3 rings (SSSR count). The number of rotatable bonds is 5. The SMILES string of the molecule is CCCc1noc(Cn2ccc3cccc([N+](=O)[O-])c32)n1. The Morgan fingerprint density at radius 2 is 2.24 bits per heavy atom. The van der Waals surface area contributed by atoms with Crippen LogP contribution in [0.5, 0.6) is 0 Å². The van der Waals surface area contributed by atoms with Gasteiger partial charge in [-0.1, -0.05) is 24.2 Å². The van der Waals surface area contributed by atoms with Crippen LogP contribution in [0.3, 0.4) is 0 Å². The van der Waals surface area contributed by atoms with Crippen molar-refractivity contribution in [2.45, 2.75) is 26.3 Å². The van der Waals surface area contributed by atoms with Gasteiger partial charge in [-0.15, -0.1) is 0 Å². The van der Waals surface area contributed by atoms with Gasteiger partial charge in [0.05, 0.1) is 4.92 Å². The Labute approximate surface area is 120 Å². The number of nitro groups is 1. The summed E-state index contributed by atoms with van der Waals surface area (Å²) in [6, 6.07) is 6.85. The van der Waals surface area contributed by atoms with Crippen molar-refractivity contribution in [2.24, 2.45) is 0 Å². The van der Waals surface area contributed by atoms with Crippen molar-refractivity contribution >= 4 is 16.6 Å². The lowest BCUT2D eigenvalue weighted by molar-refractivity contribution is -0.383. The van der Waals surface area contributed by atoms with Crippen LogP contribution in [-0.4, -0.2) is 19.6 Å². The first-order valence-electron chi connectivity index (χ1n) is 6.72. The molecule has 3 aromatic rings. The lowest BCUT2D eigenvalue weighted by Crippen LogP contribution is -2.01. The minimum absolute atomic E-state index is 0.0748. The van der Waals surface area contributed by atoms with Crippen molar-refractivity contribution < 1.29 is 9.45 Å². The zero-order valence-corrected chi connectivity index (χ0v) is 11.5. The van der Waals surface area contributed by atoms with E-state index in [1.54, 1.807) is 16.8 Å². The third kappa shape index (κ3) is 2.49. The molecule has 2 heterocycles. The standard InChI is InChI=1S/C14H14N4O3/c1-2-4-12-15-13(21-16-12)9-17-8-7-10-5-3-6-11(14(10)17)18(19)20/h3,5-8H,2,4,9H2,1H3. The second-order valence-electron chi connectivity index (χ2n) is 4.77. The highest BCUT2D eigenvalue weighted by atomic mass is 16.6. The van der Waals surface area contributed by atoms with Crippen LogP contribution in [0.15, 0.2) is 35.0 Å². The first kappa shape index (κ1) is 13.3. The van der Waals surface area contributed by atoms with Crippen LogP contribution >= 0.6 is 0 Å². The molecule has 21 heavy (non-hydrogen) atoms. The minimum atomic E-state index is -0.380. The third-order valence-corrected chi connectivity index (χ3v) is 3.25. The fourth-order valence-electron chi connectivity index (χ4n) is 2.35. The summed E-state index contributed by atoms with van der Waals surface area (Å²) >= 11 is 0. The van der Waals surface area contributed by atoms with Crippen molar-refractivity contribution in [3.05, 3.63) is 52.3 Å². The second-order valence-corrected chi connectivity index (χ2v) is 4.77. The molecule has 7 nitrogen and oxygen atoms in total. The van der Waals surface area contributed by atoms with Crippen LogP contribution in [0.2, 0.25) is 0 Å². The molecule has 7 heteroatoms. The van der Waals surface area contributed by atoms with Crippen LogP contribution in [0.4, 0.5) is 5.69 Å². The van der Waals surface area contributed by atoms with Crippen LogP contribution in [0, 0.1) is 10.1 Å². The first-order valence-corrected chi connectivity index (χ1v) is 6.72. The zero-order valence-electron chi connectivity index (χ0n) is 11.5. The van der Waals surface area contributed by atoms with Gasteiger partial charge in [-0.2, -0.15) is 4.98 Å². The maximum absolute atomic E-state index is 11.1. The zero-order chi connectivity index (χ0) is 14.8. The molecular formula is C14H14N4O3. The number of hydrogen-bond acceptors (Lipinski definition) is 5. The summed E-state index contributed by atoms with van der Waals surface area (Å²) in [5.74, 6) is 1.12. The Morgan fingerprint density at radius 1 is 1.38 bits per heavy atom. The molecule has 0 saturated heterocycles. The van der Waals surface area contributed by atoms with E-state index in [2.05, 4.69) is 10.1 Å². The predicted molar refractivity (Wildman–Crippen MR) is 76.0 cm³/mol. The van der Waals surface area contributed by atoms with Gasteiger partial charge in [0.1, 0.15) is 12.1 Å². The van der Waals surface area contributed by atoms with E-state index in [4.69, 9.17) is 4.52 Å². The summed E-state index contributed by atoms with van der Waals surface area (Å²) in [5.41, 5.74) is 0.642. The molecule has 0 bridgehead atoms. The van der Waals surface area contributed by atoms with E-state index in [0.717, 1.165) is 18.2 Å². The molecule has 0 spiro atoms. The van der Waals surface area contributed by atoms with Gasteiger partial charge < -0.3 is 9.09 Å². The summed E-state index contributed by atoms with van der Waals surface area (Å²) in [6.45, 7) is 2.36. The van der Waals surface area contributed by atoms with Gasteiger partial charge in [0.2, 0.25) is 5.89 Å². The molecule has 0 fully saturated rings. The molecule has 0 aliphatic heterocycles. The van der Waals surface area contributed by atoms with E-state index in [9.17, 15) is 10.1 Å². The highest BCUT2D eigenvalue weighted by Crippen LogP contribution is 2.26. The van der Waals surface area contributed by atoms with E-state index in [1.165, 1.54) is 6.07 Å². The fraction of sp³-hybridized carbons (Fsp3) is 0.286. The van der Waals surface area contributed by atoms with Crippen LogP contribution in [-0.2, 0) is 13.0 Å². The Balaban J connectivity index is 1.98. The summed E-state index contributed by atoms with van der Waals surface area (Å²) in [4.78, 5) is 15.1. The number of aryl methyl sites for hydroxylation is 1. The van der Waals surface area contributed by atoms with E-state index in [1.807, 2.05) is 19.1 Å². The number of benzene rings is 1. The number of nitrogens with zero attached hydrogens (tertiary/aromatic N) is 4. The van der Waals surface area contributed by atoms with Gasteiger partial charge in [-0.25, -0.2) is 0 Å². The topological polar surface area (TPSA) is 87.0 Å². The molecule has 108 valence electrons. The van der Waals surface area contributed by atoms with Gasteiger partial charge in [-0.3, -0.25) is 10.1 Å². The molecular weight excluding hydrogens is 272 g/mol. The van der Waals surface area contributed by atoms with Gasteiger partial charge in [0, 0.05) is 24.1 Å². The third-order valence-electron chi connectivity index (χ3n) is 3.25. The highest BCUT2D eigenvalue weighted by Gasteiger charge is 2.16. The van der Waals surface area contributed by atoms with E-state index >= 15 is 0 Å². The maximum atomic E-state index is 11.1. The minimum Gasteiger partial charge on any atom is -0.337 e. The van der Waals surface area contributed by atoms with E-state index in [0.29, 0.717) is 23.8 Å². The molecule has 1 aromatic carbocycles. The summed E-state index contributed by atoms with van der Waals surface area (Å²) in [6.07, 6.45) is 3.49. The van der Waals surface area contributed by atoms with Gasteiger partial charge in [-0.05, 0) is 12.5 Å². The molecule has 0 aliphatic carbocycles. The molecule has 0 N–H and O–H groups in total. The van der Waals surface area contributed by atoms with Gasteiger partial charge >= 0.3 is 0 Å². The summed E-state index contributed by atoms with van der Waals surface area (Å²) < 4.78 is 6.95. The lowest BCUT2D eigenvalue weighted by Gasteiger charge is -2.02. The quantitative estimate of drug-likeness (QED) is 0.531. The lowest BCUT2D eigenvalue weighted by atomic mass is 10.2. The van der Waals surface area contributed by atoms with Gasteiger partial charge in [0.25, 0.3) is 5.69 Å². The monoisotopic (exact) mass is 286 g/mol. The number of nitro benzene ring substituents is 1. The highest BCUT2D eigenvalue weighted by molar-refractivity contribution is 5.88. The molecule has 0 amide bonds. The Morgan fingerprint density at radius 3 is 3.00 bits per heavy atom. The molecule has 0 saturated carbocycles. The smallest absolute Gasteiger partial charge is 0.293 e. The number of fused-ring (bicyclic) bond motifs is 1. The predicted octanol–water partition coefficient (Wildman–Crippen LogP) is 2.93. The Hall–Kier alpha value is -2.70. The van der Waals surface area contributed by atoms with Crippen molar-refractivity contribution in [2.75, 3.05) is 0 Å². The average molecular weight is 286 g/mol. The number of hydrogen-bond donors (Lipinski definition) is 0. The van der Waals surface area contributed by atoms with Crippen LogP contribution < -0.4 is 0 Å². The largest absolute Gasteiger partial charge is 0.337 e. The Bertz CT molecular complexity index is 790.